The molecule has 0 spiro atoms. The smallest absolute Gasteiger partial charge is 0.469 e. The normalized spacial score (nSPS) is 15.6. The number of carboxylic acid groups (broad SMARTS) is 1. The number of rotatable bonds is 16. The molecule has 1 heterocycles. The molecule has 0 saturated heterocycles. The Morgan fingerprint density at radius 1 is 1.02 bits per heavy atom. The van der Waals surface area contributed by atoms with E-state index in [1.54, 1.807) is 24.3 Å². The molecule has 246 valence electrons. The van der Waals surface area contributed by atoms with Crippen molar-refractivity contribution in [3.63, 3.8) is 0 Å². The van der Waals surface area contributed by atoms with Crippen LogP contribution >= 0.6 is 7.82 Å². The standard InChI is InChI=1S/C27H37N6O11P/c34-22(31-21(24(36)37)16-44-45(40,41)42)9-12-29-25(38)27(10-5-2-6-11-27)33-23(35)20(13-19-14-28-17-30-19)32-26(39)43-15-18-7-3-1-4-8-18/h1,3-4,7-8,14,17,20-21H,2,5-6,9-13,15-16H2,(H,28,30)(H,29,38)(H,31,34)(H,32,39)(H,33,35)(H,36,37)(H2,40,41,42)/t20-,21-/m0/s1. The number of imidazole rings is 1. The molecule has 1 aliphatic carbocycles. The van der Waals surface area contributed by atoms with Gasteiger partial charge in [0.15, 0.2) is 6.04 Å². The number of amides is 4. The maximum Gasteiger partial charge on any atom is 0.469 e. The molecule has 1 aromatic heterocycles. The second kappa shape index (κ2) is 16.7. The molecule has 0 bridgehead atoms. The summed E-state index contributed by atoms with van der Waals surface area (Å²) in [5, 5.41) is 19.2. The van der Waals surface area contributed by atoms with E-state index in [9.17, 15) is 33.6 Å². The monoisotopic (exact) mass is 652 g/mol. The average Bonchev–Trinajstić information content (AvgIpc) is 3.51. The third-order valence-corrected chi connectivity index (χ3v) is 7.47. The molecule has 3 rings (SSSR count). The molecular formula is C27H37N6O11P. The van der Waals surface area contributed by atoms with Gasteiger partial charge >= 0.3 is 19.9 Å². The van der Waals surface area contributed by atoms with E-state index in [-0.39, 0.29) is 26.0 Å². The predicted molar refractivity (Wildman–Crippen MR) is 155 cm³/mol. The quantitative estimate of drug-likeness (QED) is 0.114. The Morgan fingerprint density at radius 2 is 1.73 bits per heavy atom. The molecule has 2 aromatic rings. The topological polar surface area (TPSA) is 258 Å². The van der Waals surface area contributed by atoms with E-state index in [1.165, 1.54) is 12.5 Å². The van der Waals surface area contributed by atoms with Gasteiger partial charge in [0.25, 0.3) is 0 Å². The summed E-state index contributed by atoms with van der Waals surface area (Å²) >= 11 is 0. The fourth-order valence-corrected chi connectivity index (χ4v) is 5.03. The summed E-state index contributed by atoms with van der Waals surface area (Å²) in [6.07, 6.45) is 4.44. The van der Waals surface area contributed by atoms with Gasteiger partial charge in [-0.05, 0) is 18.4 Å². The summed E-state index contributed by atoms with van der Waals surface area (Å²) in [6.45, 7) is -1.22. The number of aliphatic carboxylic acids is 1. The number of aromatic nitrogens is 2. The minimum Gasteiger partial charge on any atom is -0.480 e. The van der Waals surface area contributed by atoms with Crippen molar-refractivity contribution < 1.29 is 52.7 Å². The highest BCUT2D eigenvalue weighted by Gasteiger charge is 2.42. The van der Waals surface area contributed by atoms with Crippen molar-refractivity contribution in [2.24, 2.45) is 0 Å². The first kappa shape index (κ1) is 35.2. The van der Waals surface area contributed by atoms with Gasteiger partial charge in [-0.15, -0.1) is 0 Å². The molecule has 17 nitrogen and oxygen atoms in total. The maximum absolute atomic E-state index is 13.6. The van der Waals surface area contributed by atoms with E-state index < -0.39 is 61.8 Å². The Bertz CT molecular complexity index is 1350. The molecule has 18 heteroatoms. The van der Waals surface area contributed by atoms with Crippen molar-refractivity contribution in [1.82, 2.24) is 31.2 Å². The van der Waals surface area contributed by atoms with Crippen LogP contribution in [0.1, 0.15) is 49.8 Å². The highest BCUT2D eigenvalue weighted by atomic mass is 31.2. The van der Waals surface area contributed by atoms with Crippen molar-refractivity contribution in [1.29, 1.82) is 0 Å². The van der Waals surface area contributed by atoms with Crippen LogP contribution in [0.15, 0.2) is 42.9 Å². The predicted octanol–water partition coefficient (Wildman–Crippen LogP) is 0.251. The molecule has 45 heavy (non-hydrogen) atoms. The lowest BCUT2D eigenvalue weighted by atomic mass is 9.80. The van der Waals surface area contributed by atoms with Crippen LogP contribution in [-0.2, 0) is 46.0 Å². The van der Waals surface area contributed by atoms with Crippen LogP contribution in [0.3, 0.4) is 0 Å². The molecule has 4 amide bonds. The highest BCUT2D eigenvalue weighted by Crippen LogP contribution is 2.35. The van der Waals surface area contributed by atoms with Crippen LogP contribution < -0.4 is 21.3 Å². The first-order chi connectivity index (χ1) is 21.4. The third kappa shape index (κ3) is 11.9. The number of benzene rings is 1. The number of phosphoric ester groups is 1. The summed E-state index contributed by atoms with van der Waals surface area (Å²) in [5.74, 6) is -3.59. The van der Waals surface area contributed by atoms with Gasteiger partial charge < -0.3 is 45.9 Å². The molecule has 1 saturated carbocycles. The lowest BCUT2D eigenvalue weighted by Gasteiger charge is -2.37. The number of ether oxygens (including phenoxy) is 1. The Balaban J connectivity index is 1.61. The number of nitrogens with one attached hydrogen (secondary N) is 5. The second-order valence-electron chi connectivity index (χ2n) is 10.4. The molecule has 1 fully saturated rings. The SMILES string of the molecule is O=C(CCNC(=O)C1(NC(=O)[C@H](Cc2cnc[nH]2)NC(=O)OCc2ccccc2)CCCCC1)N[C@@H](COP(=O)(O)O)C(=O)O. The minimum absolute atomic E-state index is 0.0189. The number of carbonyl (C=O) groups is 5. The van der Waals surface area contributed by atoms with Gasteiger partial charge in [-0.3, -0.25) is 18.9 Å². The summed E-state index contributed by atoms with van der Waals surface area (Å²) < 4.78 is 20.3. The Hall–Kier alpha value is -4.31. The number of phosphoric acid groups is 1. The largest absolute Gasteiger partial charge is 0.480 e. The molecule has 0 unspecified atom stereocenters. The summed E-state index contributed by atoms with van der Waals surface area (Å²) in [6, 6.07) is 6.11. The number of alkyl carbamates (subject to hydrolysis) is 1. The Morgan fingerprint density at radius 3 is 2.36 bits per heavy atom. The van der Waals surface area contributed by atoms with E-state index in [2.05, 4.69) is 35.8 Å². The second-order valence-corrected chi connectivity index (χ2v) is 11.7. The van der Waals surface area contributed by atoms with Crippen LogP contribution in [0, 0.1) is 0 Å². The van der Waals surface area contributed by atoms with Crippen LogP contribution in [0.5, 0.6) is 0 Å². The summed E-state index contributed by atoms with van der Waals surface area (Å²) in [5.41, 5.74) is -0.0339. The number of carbonyl (C=O) groups excluding carboxylic acids is 4. The molecule has 8 N–H and O–H groups in total. The fourth-order valence-electron chi connectivity index (χ4n) is 4.69. The summed E-state index contributed by atoms with van der Waals surface area (Å²) in [7, 11) is -4.96. The number of hydrogen-bond acceptors (Lipinski definition) is 9. The van der Waals surface area contributed by atoms with Crippen LogP contribution in [0.25, 0.3) is 0 Å². The molecule has 0 aliphatic heterocycles. The summed E-state index contributed by atoms with van der Waals surface area (Å²) in [4.78, 5) is 87.6. The van der Waals surface area contributed by atoms with Gasteiger partial charge in [-0.25, -0.2) is 19.1 Å². The first-order valence-electron chi connectivity index (χ1n) is 14.1. The Labute approximate surface area is 258 Å². The van der Waals surface area contributed by atoms with E-state index in [0.717, 1.165) is 12.0 Å². The van der Waals surface area contributed by atoms with Crippen LogP contribution in [0.4, 0.5) is 4.79 Å². The van der Waals surface area contributed by atoms with E-state index >= 15 is 0 Å². The van der Waals surface area contributed by atoms with Gasteiger partial charge in [0.05, 0.1) is 12.9 Å². The third-order valence-electron chi connectivity index (χ3n) is 6.98. The number of H-pyrrole nitrogens is 1. The van der Waals surface area contributed by atoms with E-state index in [0.29, 0.717) is 31.4 Å². The minimum atomic E-state index is -4.96. The molecule has 1 aromatic carbocycles. The number of aromatic amines is 1. The lowest BCUT2D eigenvalue weighted by Crippen LogP contribution is -2.63. The average molecular weight is 653 g/mol. The van der Waals surface area contributed by atoms with Gasteiger partial charge in [0.2, 0.25) is 17.7 Å². The van der Waals surface area contributed by atoms with E-state index in [4.69, 9.17) is 14.5 Å². The highest BCUT2D eigenvalue weighted by molar-refractivity contribution is 7.46. The Kier molecular flexibility index (Phi) is 13.0. The zero-order valence-electron chi connectivity index (χ0n) is 24.3. The van der Waals surface area contributed by atoms with Crippen LogP contribution in [-0.4, -0.2) is 85.4 Å². The molecule has 2 atom stereocenters. The molecular weight excluding hydrogens is 615 g/mol. The number of carboxylic acids is 1. The van der Waals surface area contributed by atoms with Crippen molar-refractivity contribution in [3.05, 3.63) is 54.1 Å². The zero-order valence-corrected chi connectivity index (χ0v) is 25.2. The number of nitrogens with zero attached hydrogens (tertiary/aromatic N) is 1. The zero-order chi connectivity index (χ0) is 32.9. The van der Waals surface area contributed by atoms with Gasteiger partial charge in [-0.2, -0.15) is 0 Å². The number of hydrogen-bond donors (Lipinski definition) is 8. The maximum atomic E-state index is 13.6. The van der Waals surface area contributed by atoms with Crippen molar-refractivity contribution in [2.45, 2.75) is 69.2 Å². The molecule has 1 aliphatic rings. The van der Waals surface area contributed by atoms with Crippen LogP contribution in [0.2, 0.25) is 0 Å². The first-order valence-corrected chi connectivity index (χ1v) is 15.7. The fraction of sp³-hybridized carbons (Fsp3) is 0.481. The van der Waals surface area contributed by atoms with Crippen molar-refractivity contribution >= 4 is 37.6 Å². The van der Waals surface area contributed by atoms with Crippen molar-refractivity contribution in [3.8, 4) is 0 Å². The van der Waals surface area contributed by atoms with Gasteiger partial charge in [0.1, 0.15) is 18.2 Å². The van der Waals surface area contributed by atoms with Crippen molar-refractivity contribution in [2.75, 3.05) is 13.2 Å². The van der Waals surface area contributed by atoms with Gasteiger partial charge in [0, 0.05) is 31.3 Å². The lowest BCUT2D eigenvalue weighted by molar-refractivity contribution is -0.142. The molecule has 0 radical (unpaired) electrons. The van der Waals surface area contributed by atoms with Gasteiger partial charge in [-0.1, -0.05) is 49.6 Å². The van der Waals surface area contributed by atoms with E-state index in [1.807, 2.05) is 6.07 Å².